The zero-order valence-electron chi connectivity index (χ0n) is 5.58. The third-order valence-electron chi connectivity index (χ3n) is 0.966. The molecule has 0 amide bonds. The van der Waals surface area contributed by atoms with Crippen molar-refractivity contribution in [3.8, 4) is 5.75 Å². The Morgan fingerprint density at radius 2 is 2.09 bits per heavy atom. The lowest BCUT2D eigenvalue weighted by atomic mass is 10.3. The van der Waals surface area contributed by atoms with Crippen LogP contribution in [0.15, 0.2) is 35.2 Å². The predicted molar refractivity (Wildman–Crippen MR) is 43.1 cm³/mol. The molecule has 1 radical (unpaired) electrons. The van der Waals surface area contributed by atoms with Gasteiger partial charge in [-0.1, -0.05) is 18.2 Å². The van der Waals surface area contributed by atoms with Gasteiger partial charge in [-0.15, -0.1) is 0 Å². The van der Waals surface area contributed by atoms with Gasteiger partial charge in [0, 0.05) is 4.91 Å². The van der Waals surface area contributed by atoms with E-state index in [1.54, 1.807) is 12.1 Å². The lowest BCUT2D eigenvalue weighted by Crippen LogP contribution is -1.72. The number of benzene rings is 1. The summed E-state index contributed by atoms with van der Waals surface area (Å²) in [6.45, 7) is 0. The standard InChI is InChI=1S/C6H5N3OP/c7-8-9-11-10-6-4-2-1-3-5-6/h1-5H. The van der Waals surface area contributed by atoms with E-state index in [2.05, 4.69) is 9.80 Å². The Bertz CT molecular complexity index is 258. The molecule has 0 aliphatic rings. The zero-order chi connectivity index (χ0) is 7.94. The van der Waals surface area contributed by atoms with Crippen LogP contribution in [-0.2, 0) is 0 Å². The van der Waals surface area contributed by atoms with Crippen LogP contribution in [-0.4, -0.2) is 0 Å². The van der Waals surface area contributed by atoms with Gasteiger partial charge in [0.25, 0.3) is 0 Å². The van der Waals surface area contributed by atoms with Crippen molar-refractivity contribution in [3.63, 3.8) is 0 Å². The topological polar surface area (TPSA) is 58.0 Å². The van der Waals surface area contributed by atoms with Crippen molar-refractivity contribution < 1.29 is 4.52 Å². The van der Waals surface area contributed by atoms with Crippen molar-refractivity contribution in [3.05, 3.63) is 40.8 Å². The van der Waals surface area contributed by atoms with E-state index in [1.165, 1.54) is 0 Å². The van der Waals surface area contributed by atoms with Gasteiger partial charge in [0.2, 0.25) is 8.96 Å². The van der Waals surface area contributed by atoms with E-state index in [0.717, 1.165) is 0 Å². The molecule has 1 rings (SSSR count). The molecule has 1 aromatic rings. The second kappa shape index (κ2) is 4.56. The Kier molecular flexibility index (Phi) is 3.26. The van der Waals surface area contributed by atoms with Crippen LogP contribution in [0, 0.1) is 0 Å². The van der Waals surface area contributed by atoms with Gasteiger partial charge < -0.3 is 4.52 Å². The lowest BCUT2D eigenvalue weighted by Gasteiger charge is -1.96. The van der Waals surface area contributed by atoms with Gasteiger partial charge in [-0.3, -0.25) is 0 Å². The molecule has 0 spiro atoms. The number of nitrogens with zero attached hydrogens (tertiary/aromatic N) is 3. The maximum atomic E-state index is 7.92. The van der Waals surface area contributed by atoms with Gasteiger partial charge in [-0.25, -0.2) is 0 Å². The van der Waals surface area contributed by atoms with Crippen LogP contribution >= 0.6 is 8.96 Å². The van der Waals surface area contributed by atoms with Crippen LogP contribution in [0.4, 0.5) is 0 Å². The fourth-order valence-electron chi connectivity index (χ4n) is 0.563. The quantitative estimate of drug-likeness (QED) is 0.294. The molecule has 0 saturated carbocycles. The fourth-order valence-corrected chi connectivity index (χ4v) is 0.848. The fraction of sp³-hybridized carbons (Fsp3) is 0. The minimum atomic E-state index is 0.266. The highest BCUT2D eigenvalue weighted by molar-refractivity contribution is 7.30. The molecule has 0 aromatic heterocycles. The summed E-state index contributed by atoms with van der Waals surface area (Å²) >= 11 is 0. The van der Waals surface area contributed by atoms with Crippen LogP contribution in [0.5, 0.6) is 5.75 Å². The highest BCUT2D eigenvalue weighted by atomic mass is 31.1. The van der Waals surface area contributed by atoms with Crippen molar-refractivity contribution in [1.29, 1.82) is 0 Å². The molecule has 0 aliphatic heterocycles. The van der Waals surface area contributed by atoms with E-state index < -0.39 is 0 Å². The summed E-state index contributed by atoms with van der Waals surface area (Å²) in [7, 11) is 0.266. The summed E-state index contributed by atoms with van der Waals surface area (Å²) in [5.41, 5.74) is 7.92. The molecule has 5 heteroatoms. The van der Waals surface area contributed by atoms with Gasteiger partial charge >= 0.3 is 0 Å². The smallest absolute Gasteiger partial charge is 0.249 e. The van der Waals surface area contributed by atoms with Crippen molar-refractivity contribution in [2.24, 2.45) is 4.88 Å². The molecular weight excluding hydrogens is 161 g/mol. The average Bonchev–Trinajstić information content (AvgIpc) is 2.07. The Labute approximate surface area is 65.7 Å². The van der Waals surface area contributed by atoms with Crippen LogP contribution in [0.1, 0.15) is 0 Å². The molecule has 55 valence electrons. The van der Waals surface area contributed by atoms with E-state index in [-0.39, 0.29) is 8.96 Å². The zero-order valence-corrected chi connectivity index (χ0v) is 6.48. The molecule has 0 aliphatic carbocycles. The number of hydrogen-bond acceptors (Lipinski definition) is 2. The van der Waals surface area contributed by atoms with Crippen LogP contribution < -0.4 is 4.52 Å². The van der Waals surface area contributed by atoms with Gasteiger partial charge in [-0.05, 0) is 22.5 Å². The van der Waals surface area contributed by atoms with Gasteiger partial charge in [0.15, 0.2) is 0 Å². The maximum absolute atomic E-state index is 7.92. The van der Waals surface area contributed by atoms with Crippen LogP contribution in [0.2, 0.25) is 0 Å². The molecule has 0 atom stereocenters. The van der Waals surface area contributed by atoms with Gasteiger partial charge in [0.1, 0.15) is 5.75 Å². The third kappa shape index (κ3) is 2.89. The first-order valence-electron chi connectivity index (χ1n) is 2.90. The molecule has 0 N–H and O–H groups in total. The summed E-state index contributed by atoms with van der Waals surface area (Å²) in [5.74, 6) is 0.696. The van der Waals surface area contributed by atoms with Crippen molar-refractivity contribution in [2.45, 2.75) is 0 Å². The Morgan fingerprint density at radius 3 is 2.73 bits per heavy atom. The number of azide groups is 1. The minimum absolute atomic E-state index is 0.266. The van der Waals surface area contributed by atoms with Crippen LogP contribution in [0.3, 0.4) is 0 Å². The van der Waals surface area contributed by atoms with Crippen molar-refractivity contribution in [2.75, 3.05) is 0 Å². The first kappa shape index (κ1) is 7.86. The monoisotopic (exact) mass is 166 g/mol. The summed E-state index contributed by atoms with van der Waals surface area (Å²) < 4.78 is 5.00. The van der Waals surface area contributed by atoms with Crippen molar-refractivity contribution >= 4 is 8.96 Å². The van der Waals surface area contributed by atoms with E-state index in [1.807, 2.05) is 18.2 Å². The molecule has 0 unspecified atom stereocenters. The largest absolute Gasteiger partial charge is 0.459 e. The van der Waals surface area contributed by atoms with E-state index >= 15 is 0 Å². The minimum Gasteiger partial charge on any atom is -0.459 e. The first-order chi connectivity index (χ1) is 5.43. The highest BCUT2D eigenvalue weighted by Crippen LogP contribution is 2.20. The van der Waals surface area contributed by atoms with E-state index in [9.17, 15) is 0 Å². The molecule has 0 bridgehead atoms. The molecule has 0 saturated heterocycles. The van der Waals surface area contributed by atoms with E-state index in [4.69, 9.17) is 10.1 Å². The Hall–Kier alpha value is -1.24. The normalized spacial score (nSPS) is 9.45. The summed E-state index contributed by atoms with van der Waals surface area (Å²) in [6.07, 6.45) is 0. The van der Waals surface area contributed by atoms with Crippen LogP contribution in [0.25, 0.3) is 10.4 Å². The van der Waals surface area contributed by atoms with Gasteiger partial charge in [-0.2, -0.15) is 0 Å². The molecular formula is C6H5N3OP. The number of rotatable bonds is 3. The first-order valence-corrected chi connectivity index (χ1v) is 3.66. The highest BCUT2D eigenvalue weighted by Gasteiger charge is 1.88. The summed E-state index contributed by atoms with van der Waals surface area (Å²) in [5, 5.41) is 0. The molecule has 0 heterocycles. The second-order valence-electron chi connectivity index (χ2n) is 1.66. The average molecular weight is 166 g/mol. The molecule has 11 heavy (non-hydrogen) atoms. The Morgan fingerprint density at radius 1 is 1.36 bits per heavy atom. The molecule has 4 nitrogen and oxygen atoms in total. The maximum Gasteiger partial charge on any atom is 0.249 e. The SMILES string of the molecule is [N-]=[N+]=N[P]Oc1ccccc1. The second-order valence-corrected chi connectivity index (χ2v) is 2.19. The summed E-state index contributed by atoms with van der Waals surface area (Å²) in [6, 6.07) is 9.17. The van der Waals surface area contributed by atoms with Crippen molar-refractivity contribution in [1.82, 2.24) is 0 Å². The number of para-hydroxylation sites is 1. The molecule has 0 fully saturated rings. The van der Waals surface area contributed by atoms with E-state index in [0.29, 0.717) is 5.75 Å². The summed E-state index contributed by atoms with van der Waals surface area (Å²) in [4.78, 5) is 5.74. The Balaban J connectivity index is 2.45. The van der Waals surface area contributed by atoms with Gasteiger partial charge in [0.05, 0.1) is 0 Å². The third-order valence-corrected chi connectivity index (χ3v) is 1.41. The number of hydrogen-bond donors (Lipinski definition) is 0. The lowest BCUT2D eigenvalue weighted by molar-refractivity contribution is 0.632. The predicted octanol–water partition coefficient (Wildman–Crippen LogP) is 3.15. The molecule has 1 aromatic carbocycles.